The molecule has 0 radical (unpaired) electrons. The van der Waals surface area contributed by atoms with E-state index in [1.54, 1.807) is 0 Å². The van der Waals surface area contributed by atoms with Crippen molar-refractivity contribution in [3.8, 4) is 0 Å². The summed E-state index contributed by atoms with van der Waals surface area (Å²) >= 11 is 11.5. The third-order valence-electron chi connectivity index (χ3n) is 1.68. The summed E-state index contributed by atoms with van der Waals surface area (Å²) < 4.78 is 0.303. The van der Waals surface area contributed by atoms with Crippen molar-refractivity contribution in [2.75, 3.05) is 0 Å². The van der Waals surface area contributed by atoms with Gasteiger partial charge in [-0.1, -0.05) is 5.73 Å². The van der Waals surface area contributed by atoms with Crippen LogP contribution < -0.4 is 0 Å². The van der Waals surface area contributed by atoms with Crippen LogP contribution in [0.2, 0.25) is 0 Å². The quantitative estimate of drug-likeness (QED) is 0.500. The summed E-state index contributed by atoms with van der Waals surface area (Å²) in [6.07, 6.45) is 5.69. The Morgan fingerprint density at radius 3 is 2.50 bits per heavy atom. The number of hydrogen-bond donors (Lipinski definition) is 0. The van der Waals surface area contributed by atoms with Crippen LogP contribution in [-0.2, 0) is 0 Å². The molecule has 0 unspecified atom stereocenters. The average Bonchev–Trinajstić information content (AvgIpc) is 2.65. The molecule has 0 heterocycles. The maximum absolute atomic E-state index is 5.73. The van der Waals surface area contributed by atoms with Gasteiger partial charge in [-0.2, -0.15) is 0 Å². The molecule has 1 aromatic rings. The van der Waals surface area contributed by atoms with Gasteiger partial charge in [-0.15, -0.1) is 0 Å². The normalized spacial score (nSPS) is 14.0. The van der Waals surface area contributed by atoms with Gasteiger partial charge >= 0.3 is 0 Å². The Morgan fingerprint density at radius 2 is 2.08 bits per heavy atom. The van der Waals surface area contributed by atoms with Gasteiger partial charge in [-0.25, -0.2) is 0 Å². The first-order valence-electron chi connectivity index (χ1n) is 3.53. The molecule has 1 aliphatic rings. The fraction of sp³-hybridized carbons (Fsp3) is 0. The van der Waals surface area contributed by atoms with Gasteiger partial charge in [0.15, 0.2) is 4.49 Å². The molecule has 0 nitrogen and oxygen atoms in total. The predicted octanol–water partition coefficient (Wildman–Crippen LogP) is 3.64. The molecule has 0 atom stereocenters. The van der Waals surface area contributed by atoms with Gasteiger partial charge in [0.25, 0.3) is 0 Å². The molecule has 0 fully saturated rings. The standard InChI is InChI=1S/C10H5Cl2/c11-10(12)9(8-5-6-8)7-3-1-2-4-7/h1-3,5-6H/q+1. The minimum Gasteiger partial charge on any atom is -0.0703 e. The zero-order valence-corrected chi connectivity index (χ0v) is 7.65. The van der Waals surface area contributed by atoms with Gasteiger partial charge in [0.05, 0.1) is 17.7 Å². The van der Waals surface area contributed by atoms with Crippen LogP contribution >= 0.6 is 23.2 Å². The fourth-order valence-corrected chi connectivity index (χ4v) is 1.48. The van der Waals surface area contributed by atoms with Crippen LogP contribution in [0.15, 0.2) is 46.2 Å². The minimum atomic E-state index is 0.303. The molecule has 2 heteroatoms. The zero-order chi connectivity index (χ0) is 8.55. The van der Waals surface area contributed by atoms with E-state index < -0.39 is 0 Å². The van der Waals surface area contributed by atoms with Crippen LogP contribution in [0.3, 0.4) is 0 Å². The SMILES string of the molecule is ClC(Cl)=C(C1=C=CC=C1)[c+]1cc1. The van der Waals surface area contributed by atoms with Crippen molar-refractivity contribution in [1.82, 2.24) is 0 Å². The van der Waals surface area contributed by atoms with Crippen LogP contribution in [-0.4, -0.2) is 0 Å². The van der Waals surface area contributed by atoms with Crippen molar-refractivity contribution in [3.05, 3.63) is 51.7 Å². The van der Waals surface area contributed by atoms with E-state index in [0.29, 0.717) is 4.49 Å². The molecule has 0 saturated heterocycles. The maximum Gasteiger partial charge on any atom is 0.182 e. The third kappa shape index (κ3) is 1.37. The molecule has 0 spiro atoms. The molecule has 0 bridgehead atoms. The highest BCUT2D eigenvalue weighted by Crippen LogP contribution is 2.35. The van der Waals surface area contributed by atoms with Crippen LogP contribution in [0.4, 0.5) is 0 Å². The third-order valence-corrected chi connectivity index (χ3v) is 2.06. The highest BCUT2D eigenvalue weighted by atomic mass is 35.5. The van der Waals surface area contributed by atoms with E-state index in [4.69, 9.17) is 23.2 Å². The molecule has 12 heavy (non-hydrogen) atoms. The second-order valence-corrected chi connectivity index (χ2v) is 3.46. The lowest BCUT2D eigenvalue weighted by molar-refractivity contribution is 1.77. The smallest absolute Gasteiger partial charge is 0.0703 e. The Morgan fingerprint density at radius 1 is 1.33 bits per heavy atom. The Kier molecular flexibility index (Phi) is 1.90. The number of allylic oxidation sites excluding steroid dienone is 4. The van der Waals surface area contributed by atoms with Gasteiger partial charge in [0.1, 0.15) is 11.1 Å². The molecule has 1 aromatic carbocycles. The summed E-state index contributed by atoms with van der Waals surface area (Å²) in [6.45, 7) is 0. The summed E-state index contributed by atoms with van der Waals surface area (Å²) in [6, 6.07) is 3.95. The zero-order valence-electron chi connectivity index (χ0n) is 6.14. The second-order valence-electron chi connectivity index (χ2n) is 2.51. The van der Waals surface area contributed by atoms with E-state index in [9.17, 15) is 0 Å². The van der Waals surface area contributed by atoms with Crippen molar-refractivity contribution in [1.29, 1.82) is 0 Å². The molecular weight excluding hydrogens is 191 g/mol. The first kappa shape index (κ1) is 7.82. The van der Waals surface area contributed by atoms with Crippen molar-refractivity contribution in [2.24, 2.45) is 0 Å². The summed E-state index contributed by atoms with van der Waals surface area (Å²) in [7, 11) is 0. The Bertz CT molecular complexity index is 386. The predicted molar refractivity (Wildman–Crippen MR) is 52.6 cm³/mol. The lowest BCUT2D eigenvalue weighted by Crippen LogP contribution is -1.79. The van der Waals surface area contributed by atoms with E-state index in [-0.39, 0.29) is 0 Å². The molecule has 0 aromatic heterocycles. The molecule has 58 valence electrons. The first-order valence-corrected chi connectivity index (χ1v) is 4.29. The van der Waals surface area contributed by atoms with E-state index in [1.807, 2.05) is 30.4 Å². The molecule has 0 saturated carbocycles. The van der Waals surface area contributed by atoms with Gasteiger partial charge in [0.2, 0.25) is 0 Å². The second kappa shape index (κ2) is 2.91. The molecule has 1 aliphatic carbocycles. The van der Waals surface area contributed by atoms with Crippen molar-refractivity contribution < 1.29 is 0 Å². The average molecular weight is 196 g/mol. The first-order chi connectivity index (χ1) is 5.79. The van der Waals surface area contributed by atoms with Crippen molar-refractivity contribution >= 4 is 28.8 Å². The van der Waals surface area contributed by atoms with E-state index in [2.05, 4.69) is 5.73 Å². The number of rotatable bonds is 2. The fourth-order valence-electron chi connectivity index (χ4n) is 1.06. The lowest BCUT2D eigenvalue weighted by Gasteiger charge is -1.90. The van der Waals surface area contributed by atoms with E-state index in [1.165, 1.54) is 0 Å². The Hall–Kier alpha value is -0.810. The molecular formula is C10H5Cl2+. The lowest BCUT2D eigenvalue weighted by atomic mass is 10.1. The summed E-state index contributed by atoms with van der Waals surface area (Å²) in [5.74, 6) is 0. The van der Waals surface area contributed by atoms with Gasteiger partial charge < -0.3 is 0 Å². The molecule has 0 amide bonds. The Balaban J connectivity index is 2.44. The van der Waals surface area contributed by atoms with Gasteiger partial charge in [-0.3, -0.25) is 0 Å². The minimum absolute atomic E-state index is 0.303. The van der Waals surface area contributed by atoms with Crippen molar-refractivity contribution in [3.63, 3.8) is 0 Å². The topological polar surface area (TPSA) is 0 Å². The molecule has 0 aliphatic heterocycles. The summed E-state index contributed by atoms with van der Waals surface area (Å²) in [4.78, 5) is 0. The highest BCUT2D eigenvalue weighted by molar-refractivity contribution is 6.59. The monoisotopic (exact) mass is 195 g/mol. The molecule has 2 rings (SSSR count). The molecule has 0 N–H and O–H groups in total. The summed E-state index contributed by atoms with van der Waals surface area (Å²) in [5.41, 5.74) is 5.98. The van der Waals surface area contributed by atoms with Gasteiger partial charge in [-0.05, 0) is 41.4 Å². The van der Waals surface area contributed by atoms with Crippen LogP contribution in [0, 0.1) is 0 Å². The van der Waals surface area contributed by atoms with Gasteiger partial charge in [0, 0.05) is 0 Å². The highest BCUT2D eigenvalue weighted by Gasteiger charge is 2.23. The maximum atomic E-state index is 5.73. The van der Waals surface area contributed by atoms with E-state index in [0.717, 1.165) is 16.7 Å². The largest absolute Gasteiger partial charge is 0.182 e. The van der Waals surface area contributed by atoms with Crippen LogP contribution in [0.1, 0.15) is 5.56 Å². The number of halogens is 2. The van der Waals surface area contributed by atoms with Crippen LogP contribution in [0.5, 0.6) is 0 Å². The van der Waals surface area contributed by atoms with Crippen molar-refractivity contribution in [2.45, 2.75) is 0 Å². The van der Waals surface area contributed by atoms with Crippen LogP contribution in [0.25, 0.3) is 5.57 Å². The Labute approximate surface area is 80.8 Å². The summed E-state index contributed by atoms with van der Waals surface area (Å²) in [5, 5.41) is 0. The van der Waals surface area contributed by atoms with E-state index >= 15 is 0 Å². The number of hydrogen-bond acceptors (Lipinski definition) is 0.